The Morgan fingerprint density at radius 2 is 1.85 bits per heavy atom. The number of amides is 1. The van der Waals surface area contributed by atoms with Gasteiger partial charge in [-0.1, -0.05) is 6.07 Å². The minimum atomic E-state index is -3.52. The van der Waals surface area contributed by atoms with Gasteiger partial charge in [0.25, 0.3) is 5.91 Å². The van der Waals surface area contributed by atoms with Crippen molar-refractivity contribution in [3.8, 4) is 0 Å². The van der Waals surface area contributed by atoms with Gasteiger partial charge in [0.1, 0.15) is 0 Å². The van der Waals surface area contributed by atoms with Gasteiger partial charge in [-0.2, -0.15) is 5.10 Å². The van der Waals surface area contributed by atoms with Gasteiger partial charge >= 0.3 is 0 Å². The molecule has 0 spiro atoms. The third-order valence-electron chi connectivity index (χ3n) is 6.45. The van der Waals surface area contributed by atoms with Crippen LogP contribution in [0.5, 0.6) is 0 Å². The Hall–Kier alpha value is -2.94. The number of hydrogen-bond acceptors (Lipinski definition) is 5. The smallest absolute Gasteiger partial charge is 0.256 e. The molecule has 1 saturated carbocycles. The van der Waals surface area contributed by atoms with Crippen molar-refractivity contribution in [2.75, 3.05) is 17.5 Å². The molecule has 1 unspecified atom stereocenters. The Bertz CT molecular complexity index is 1340. The van der Waals surface area contributed by atoms with Gasteiger partial charge in [0, 0.05) is 29.9 Å². The molecule has 3 aromatic rings. The van der Waals surface area contributed by atoms with Crippen LogP contribution in [0.3, 0.4) is 0 Å². The second kappa shape index (κ2) is 8.13. The van der Waals surface area contributed by atoms with Gasteiger partial charge in [-0.25, -0.2) is 17.9 Å². The van der Waals surface area contributed by atoms with Crippen LogP contribution >= 0.6 is 0 Å². The third kappa shape index (κ3) is 4.46. The maximum atomic E-state index is 13.7. The molecule has 1 aromatic carbocycles. The summed E-state index contributed by atoms with van der Waals surface area (Å²) >= 11 is 0. The van der Waals surface area contributed by atoms with Crippen molar-refractivity contribution < 1.29 is 13.2 Å². The number of rotatable bonds is 5. The average molecular weight is 468 g/mol. The first kappa shape index (κ1) is 21.9. The first-order chi connectivity index (χ1) is 15.7. The van der Waals surface area contributed by atoms with E-state index >= 15 is 0 Å². The van der Waals surface area contributed by atoms with Gasteiger partial charge in [0.2, 0.25) is 10.0 Å². The van der Waals surface area contributed by atoms with Crippen molar-refractivity contribution in [1.29, 1.82) is 0 Å². The topological polar surface area (TPSA) is 96.7 Å². The number of aryl methyl sites for hydroxylation is 2. The lowest BCUT2D eigenvalue weighted by atomic mass is 9.97. The number of nitrogens with one attached hydrogen (secondary N) is 1. The zero-order valence-corrected chi connectivity index (χ0v) is 20.0. The zero-order valence-electron chi connectivity index (χ0n) is 19.2. The van der Waals surface area contributed by atoms with Crippen molar-refractivity contribution in [2.45, 2.75) is 57.9 Å². The second-order valence-electron chi connectivity index (χ2n) is 9.37. The Morgan fingerprint density at radius 1 is 1.06 bits per heavy atom. The predicted molar refractivity (Wildman–Crippen MR) is 127 cm³/mol. The van der Waals surface area contributed by atoms with E-state index in [-0.39, 0.29) is 11.9 Å². The normalized spacial score (nSPS) is 19.1. The summed E-state index contributed by atoms with van der Waals surface area (Å²) in [5.41, 5.74) is 5.36. The summed E-state index contributed by atoms with van der Waals surface area (Å²) < 4.78 is 28.2. The highest BCUT2D eigenvalue weighted by atomic mass is 32.2. The van der Waals surface area contributed by atoms with Crippen LogP contribution < -0.4 is 4.72 Å². The largest absolute Gasteiger partial charge is 0.330 e. The summed E-state index contributed by atoms with van der Waals surface area (Å²) in [6, 6.07) is 9.17. The standard InChI is InChI=1S/C24H29N5O3S/c1-15-7-10-18(20(12-15)27-33(3,31)32)24(30)28-11-5-4-6-22(28)21-14-23-25-19(17-8-9-17)13-16(2)29(23)26-21/h7,10,12-14,17,22,27H,4-6,8-9,11H2,1-3H3. The molecule has 2 aromatic heterocycles. The highest BCUT2D eigenvalue weighted by Crippen LogP contribution is 2.40. The van der Waals surface area contributed by atoms with Gasteiger partial charge in [0.05, 0.1) is 29.2 Å². The number of likely N-dealkylation sites (tertiary alicyclic amines) is 1. The van der Waals surface area contributed by atoms with Crippen LogP contribution in [0, 0.1) is 13.8 Å². The van der Waals surface area contributed by atoms with Crippen LogP contribution in [0.25, 0.3) is 5.65 Å². The van der Waals surface area contributed by atoms with Crippen LogP contribution in [0.1, 0.15) is 77.1 Å². The van der Waals surface area contributed by atoms with E-state index in [9.17, 15) is 13.2 Å². The number of aromatic nitrogens is 3. The summed E-state index contributed by atoms with van der Waals surface area (Å²) in [4.78, 5) is 20.3. The molecule has 9 heteroatoms. The predicted octanol–water partition coefficient (Wildman–Crippen LogP) is 3.96. The van der Waals surface area contributed by atoms with E-state index in [4.69, 9.17) is 10.1 Å². The summed E-state index contributed by atoms with van der Waals surface area (Å²) in [5.74, 6) is 0.369. The Morgan fingerprint density at radius 3 is 2.58 bits per heavy atom. The fourth-order valence-electron chi connectivity index (χ4n) is 4.68. The molecule has 2 fully saturated rings. The van der Waals surface area contributed by atoms with E-state index < -0.39 is 10.0 Å². The first-order valence-electron chi connectivity index (χ1n) is 11.5. The molecule has 1 saturated heterocycles. The van der Waals surface area contributed by atoms with E-state index in [1.807, 2.05) is 35.4 Å². The molecule has 174 valence electrons. The molecule has 8 nitrogen and oxygen atoms in total. The van der Waals surface area contributed by atoms with Crippen molar-refractivity contribution in [3.05, 3.63) is 58.5 Å². The monoisotopic (exact) mass is 467 g/mol. The quantitative estimate of drug-likeness (QED) is 0.613. The molecule has 33 heavy (non-hydrogen) atoms. The zero-order chi connectivity index (χ0) is 23.3. The summed E-state index contributed by atoms with van der Waals surface area (Å²) in [5, 5.41) is 4.83. The van der Waals surface area contributed by atoms with Crippen molar-refractivity contribution in [2.24, 2.45) is 0 Å². The second-order valence-corrected chi connectivity index (χ2v) is 11.1. The van der Waals surface area contributed by atoms with E-state index in [2.05, 4.69) is 10.8 Å². The van der Waals surface area contributed by atoms with E-state index in [0.717, 1.165) is 53.8 Å². The lowest BCUT2D eigenvalue weighted by molar-refractivity contribution is 0.0607. The third-order valence-corrected chi connectivity index (χ3v) is 7.04. The molecule has 5 rings (SSSR count). The molecule has 1 atom stereocenters. The number of anilines is 1. The number of carbonyl (C=O) groups is 1. The number of sulfonamides is 1. The van der Waals surface area contributed by atoms with Gasteiger partial charge in [-0.05, 0) is 69.7 Å². The van der Waals surface area contributed by atoms with Crippen molar-refractivity contribution >= 4 is 27.3 Å². The molecule has 0 radical (unpaired) electrons. The summed E-state index contributed by atoms with van der Waals surface area (Å²) in [6.07, 6.45) is 6.19. The van der Waals surface area contributed by atoms with Gasteiger partial charge in [-0.3, -0.25) is 9.52 Å². The molecular formula is C24H29N5O3S. The van der Waals surface area contributed by atoms with Gasteiger partial charge in [-0.15, -0.1) is 0 Å². The molecule has 1 aliphatic heterocycles. The summed E-state index contributed by atoms with van der Waals surface area (Å²) in [7, 11) is -3.52. The van der Waals surface area contributed by atoms with E-state index in [1.165, 1.54) is 12.8 Å². The highest BCUT2D eigenvalue weighted by Gasteiger charge is 2.33. The lowest BCUT2D eigenvalue weighted by Gasteiger charge is -2.35. The first-order valence-corrected chi connectivity index (χ1v) is 13.4. The molecular weight excluding hydrogens is 438 g/mol. The maximum Gasteiger partial charge on any atom is 0.256 e. The highest BCUT2D eigenvalue weighted by molar-refractivity contribution is 7.92. The number of benzene rings is 1. The number of fused-ring (bicyclic) bond motifs is 1. The number of hydrogen-bond donors (Lipinski definition) is 1. The molecule has 3 heterocycles. The SMILES string of the molecule is Cc1ccc(C(=O)N2CCCCC2c2cc3nc(C4CC4)cc(C)n3n2)c(NS(C)(=O)=O)c1. The van der Waals surface area contributed by atoms with Crippen LogP contribution in [-0.2, 0) is 10.0 Å². The van der Waals surface area contributed by atoms with Crippen LogP contribution in [0.4, 0.5) is 5.69 Å². The van der Waals surface area contributed by atoms with E-state index in [1.54, 1.807) is 12.1 Å². The number of piperidine rings is 1. The molecule has 2 aliphatic rings. The van der Waals surface area contributed by atoms with Crippen LogP contribution in [-0.4, -0.2) is 46.6 Å². The Balaban J connectivity index is 1.51. The number of nitrogens with zero attached hydrogens (tertiary/aromatic N) is 4. The minimum absolute atomic E-state index is 0.177. The van der Waals surface area contributed by atoms with Gasteiger partial charge in [0.15, 0.2) is 5.65 Å². The van der Waals surface area contributed by atoms with Crippen LogP contribution in [0.2, 0.25) is 0 Å². The average Bonchev–Trinajstić information content (AvgIpc) is 3.51. The minimum Gasteiger partial charge on any atom is -0.330 e. The number of carbonyl (C=O) groups excluding carboxylic acids is 1. The fourth-order valence-corrected chi connectivity index (χ4v) is 5.25. The van der Waals surface area contributed by atoms with E-state index in [0.29, 0.717) is 23.7 Å². The van der Waals surface area contributed by atoms with Crippen molar-refractivity contribution in [3.63, 3.8) is 0 Å². The maximum absolute atomic E-state index is 13.7. The molecule has 0 bridgehead atoms. The van der Waals surface area contributed by atoms with Crippen LogP contribution in [0.15, 0.2) is 30.3 Å². The molecule has 1 aliphatic carbocycles. The van der Waals surface area contributed by atoms with Gasteiger partial charge < -0.3 is 4.90 Å². The summed E-state index contributed by atoms with van der Waals surface area (Å²) in [6.45, 7) is 4.51. The molecule has 1 N–H and O–H groups in total. The Kier molecular flexibility index (Phi) is 5.39. The Labute approximate surface area is 194 Å². The fraction of sp³-hybridized carbons (Fsp3) is 0.458. The molecule has 1 amide bonds. The lowest BCUT2D eigenvalue weighted by Crippen LogP contribution is -2.39. The van der Waals surface area contributed by atoms with Crippen molar-refractivity contribution in [1.82, 2.24) is 19.5 Å².